The average Bonchev–Trinajstić information content (AvgIpc) is 2.17. The maximum absolute atomic E-state index is 11.5. The highest BCUT2D eigenvalue weighted by Crippen LogP contribution is 2.06. The molecule has 0 radical (unpaired) electrons. The van der Waals surface area contributed by atoms with Crippen LogP contribution in [0.4, 0.5) is 0 Å². The first-order chi connectivity index (χ1) is 7.41. The molecule has 0 spiro atoms. The van der Waals surface area contributed by atoms with E-state index in [4.69, 9.17) is 4.74 Å². The van der Waals surface area contributed by atoms with Crippen LogP contribution in [0.2, 0.25) is 0 Å². The molecule has 1 fully saturated rings. The summed E-state index contributed by atoms with van der Waals surface area (Å²) in [5, 5.41) is 0. The normalized spacial score (nSPS) is 19.6. The van der Waals surface area contributed by atoms with Gasteiger partial charge in [-0.25, -0.2) is 8.42 Å². The summed E-state index contributed by atoms with van der Waals surface area (Å²) >= 11 is 0. The summed E-state index contributed by atoms with van der Waals surface area (Å²) in [6.45, 7) is 8.46. The van der Waals surface area contributed by atoms with E-state index in [-0.39, 0.29) is 6.04 Å². The van der Waals surface area contributed by atoms with Crippen molar-refractivity contribution in [1.29, 1.82) is 0 Å². The van der Waals surface area contributed by atoms with E-state index < -0.39 is 10.0 Å². The smallest absolute Gasteiger partial charge is 0.211 e. The van der Waals surface area contributed by atoms with E-state index in [0.29, 0.717) is 6.54 Å². The van der Waals surface area contributed by atoms with Gasteiger partial charge in [-0.2, -0.15) is 4.31 Å². The van der Waals surface area contributed by atoms with Gasteiger partial charge in [-0.05, 0) is 13.8 Å². The summed E-state index contributed by atoms with van der Waals surface area (Å²) in [7, 11) is -3.09. The first kappa shape index (κ1) is 13.9. The molecule has 96 valence electrons. The third-order valence-corrected chi connectivity index (χ3v) is 4.20. The Morgan fingerprint density at radius 2 is 1.88 bits per heavy atom. The molecule has 0 aromatic carbocycles. The predicted octanol–water partition coefficient (Wildman–Crippen LogP) is -0.0114. The molecule has 1 aliphatic heterocycles. The average molecular weight is 250 g/mol. The van der Waals surface area contributed by atoms with E-state index in [1.807, 2.05) is 13.8 Å². The molecule has 0 aromatic heterocycles. The highest BCUT2D eigenvalue weighted by molar-refractivity contribution is 7.88. The zero-order valence-electron chi connectivity index (χ0n) is 10.3. The van der Waals surface area contributed by atoms with Crippen LogP contribution in [0.1, 0.15) is 13.8 Å². The second-order valence-electron chi connectivity index (χ2n) is 4.42. The Morgan fingerprint density at radius 1 is 1.31 bits per heavy atom. The molecule has 1 aliphatic rings. The predicted molar refractivity (Wildman–Crippen MR) is 63.9 cm³/mol. The van der Waals surface area contributed by atoms with Crippen LogP contribution in [0.25, 0.3) is 0 Å². The van der Waals surface area contributed by atoms with Crippen molar-refractivity contribution in [2.45, 2.75) is 19.9 Å². The Hall–Kier alpha value is -0.170. The topological polar surface area (TPSA) is 49.9 Å². The molecule has 5 nitrogen and oxygen atoms in total. The van der Waals surface area contributed by atoms with Crippen molar-refractivity contribution in [2.75, 3.05) is 45.6 Å². The van der Waals surface area contributed by atoms with Crippen molar-refractivity contribution < 1.29 is 13.2 Å². The third kappa shape index (κ3) is 4.37. The van der Waals surface area contributed by atoms with Crippen LogP contribution in [0.5, 0.6) is 0 Å². The number of sulfonamides is 1. The Labute approximate surface area is 98.4 Å². The standard InChI is InChI=1S/C10H22N2O3S/c1-10(2)12(16(3,13)14)5-4-11-6-8-15-9-7-11/h10H,4-9H2,1-3H3. The number of nitrogens with zero attached hydrogens (tertiary/aromatic N) is 2. The number of morpholine rings is 1. The van der Waals surface area contributed by atoms with Crippen molar-refractivity contribution in [3.8, 4) is 0 Å². The second-order valence-corrected chi connectivity index (χ2v) is 6.36. The first-order valence-electron chi connectivity index (χ1n) is 5.68. The van der Waals surface area contributed by atoms with E-state index in [2.05, 4.69) is 4.90 Å². The van der Waals surface area contributed by atoms with Crippen LogP contribution >= 0.6 is 0 Å². The molecule has 16 heavy (non-hydrogen) atoms. The maximum Gasteiger partial charge on any atom is 0.211 e. The quantitative estimate of drug-likeness (QED) is 0.688. The molecule has 1 rings (SSSR count). The van der Waals surface area contributed by atoms with Crippen LogP contribution in [0.3, 0.4) is 0 Å². The number of hydrogen-bond acceptors (Lipinski definition) is 4. The van der Waals surface area contributed by atoms with Gasteiger partial charge in [-0.3, -0.25) is 4.90 Å². The minimum atomic E-state index is -3.09. The molecule has 6 heteroatoms. The van der Waals surface area contributed by atoms with Gasteiger partial charge in [-0.15, -0.1) is 0 Å². The molecule has 0 amide bonds. The van der Waals surface area contributed by atoms with E-state index in [0.717, 1.165) is 32.8 Å². The molecule has 0 saturated carbocycles. The largest absolute Gasteiger partial charge is 0.379 e. The highest BCUT2D eigenvalue weighted by atomic mass is 32.2. The lowest BCUT2D eigenvalue weighted by Gasteiger charge is -2.30. The van der Waals surface area contributed by atoms with Gasteiger partial charge < -0.3 is 4.74 Å². The summed E-state index contributed by atoms with van der Waals surface area (Å²) in [4.78, 5) is 2.24. The Morgan fingerprint density at radius 3 is 2.31 bits per heavy atom. The van der Waals surface area contributed by atoms with Crippen LogP contribution < -0.4 is 0 Å². The first-order valence-corrected chi connectivity index (χ1v) is 7.53. The maximum atomic E-state index is 11.5. The molecule has 0 N–H and O–H groups in total. The van der Waals surface area contributed by atoms with Gasteiger partial charge >= 0.3 is 0 Å². The van der Waals surface area contributed by atoms with Crippen LogP contribution in [0.15, 0.2) is 0 Å². The zero-order valence-corrected chi connectivity index (χ0v) is 11.2. The van der Waals surface area contributed by atoms with Crippen molar-refractivity contribution >= 4 is 10.0 Å². The van der Waals surface area contributed by atoms with Gasteiger partial charge in [0.2, 0.25) is 10.0 Å². The number of hydrogen-bond donors (Lipinski definition) is 0. The van der Waals surface area contributed by atoms with Crippen molar-refractivity contribution in [3.05, 3.63) is 0 Å². The monoisotopic (exact) mass is 250 g/mol. The van der Waals surface area contributed by atoms with E-state index in [9.17, 15) is 8.42 Å². The minimum Gasteiger partial charge on any atom is -0.379 e. The molecule has 0 bridgehead atoms. The number of ether oxygens (including phenoxy) is 1. The SMILES string of the molecule is CC(C)N(CCN1CCOCC1)S(C)(=O)=O. The Bertz CT molecular complexity index is 297. The molecular weight excluding hydrogens is 228 g/mol. The second kappa shape index (κ2) is 5.95. The summed E-state index contributed by atoms with van der Waals surface area (Å²) < 4.78 is 29.8. The lowest BCUT2D eigenvalue weighted by molar-refractivity contribution is 0.0357. The van der Waals surface area contributed by atoms with E-state index >= 15 is 0 Å². The van der Waals surface area contributed by atoms with Crippen molar-refractivity contribution in [1.82, 2.24) is 9.21 Å². The fourth-order valence-electron chi connectivity index (χ4n) is 1.87. The van der Waals surface area contributed by atoms with Crippen molar-refractivity contribution in [3.63, 3.8) is 0 Å². The fraction of sp³-hybridized carbons (Fsp3) is 1.00. The van der Waals surface area contributed by atoms with Crippen LogP contribution in [0, 0.1) is 0 Å². The minimum absolute atomic E-state index is 0.0241. The van der Waals surface area contributed by atoms with E-state index in [1.54, 1.807) is 4.31 Å². The molecular formula is C10H22N2O3S. The lowest BCUT2D eigenvalue weighted by atomic mass is 10.3. The summed E-state index contributed by atoms with van der Waals surface area (Å²) in [6, 6.07) is 0.0241. The summed E-state index contributed by atoms with van der Waals surface area (Å²) in [6.07, 6.45) is 1.27. The van der Waals surface area contributed by atoms with Gasteiger partial charge in [0.1, 0.15) is 0 Å². The van der Waals surface area contributed by atoms with Gasteiger partial charge in [0.15, 0.2) is 0 Å². The lowest BCUT2D eigenvalue weighted by Crippen LogP contribution is -2.44. The van der Waals surface area contributed by atoms with Gasteiger partial charge in [0, 0.05) is 32.2 Å². The van der Waals surface area contributed by atoms with Crippen LogP contribution in [-0.2, 0) is 14.8 Å². The summed E-state index contributed by atoms with van der Waals surface area (Å²) in [5.41, 5.74) is 0. The van der Waals surface area contributed by atoms with Crippen molar-refractivity contribution in [2.24, 2.45) is 0 Å². The van der Waals surface area contributed by atoms with Gasteiger partial charge in [-0.1, -0.05) is 0 Å². The third-order valence-electron chi connectivity index (χ3n) is 2.74. The molecule has 0 aromatic rings. The zero-order chi connectivity index (χ0) is 12.2. The Kier molecular flexibility index (Phi) is 5.17. The molecule has 0 atom stereocenters. The van der Waals surface area contributed by atoms with E-state index in [1.165, 1.54) is 6.26 Å². The molecule has 0 unspecified atom stereocenters. The molecule has 1 saturated heterocycles. The Balaban J connectivity index is 2.44. The molecule has 0 aliphatic carbocycles. The van der Waals surface area contributed by atoms with Crippen LogP contribution in [-0.4, -0.2) is 69.3 Å². The van der Waals surface area contributed by atoms with Gasteiger partial charge in [0.25, 0.3) is 0 Å². The van der Waals surface area contributed by atoms with Gasteiger partial charge in [0.05, 0.1) is 19.5 Å². The number of rotatable bonds is 5. The highest BCUT2D eigenvalue weighted by Gasteiger charge is 2.21. The fourth-order valence-corrected chi connectivity index (χ4v) is 3.05. The molecule has 1 heterocycles. The summed E-state index contributed by atoms with van der Waals surface area (Å²) in [5.74, 6) is 0.